The molecule has 2 N–H and O–H groups in total. The Balaban J connectivity index is 1.22. The number of amides is 1. The molecule has 0 spiro atoms. The van der Waals surface area contributed by atoms with E-state index in [1.807, 2.05) is 54.6 Å². The number of carbonyl (C=O) groups excluding carboxylic acids is 2. The molecule has 6 rings (SSSR count). The molecule has 0 atom stereocenters. The van der Waals surface area contributed by atoms with Crippen LogP contribution in [-0.4, -0.2) is 82.3 Å². The van der Waals surface area contributed by atoms with E-state index in [-0.39, 0.29) is 18.2 Å². The highest BCUT2D eigenvalue weighted by Crippen LogP contribution is 2.30. The number of imidazole rings is 1. The summed E-state index contributed by atoms with van der Waals surface area (Å²) in [5.74, 6) is 1.49. The zero-order chi connectivity index (χ0) is 29.1. The molecular weight excluding hydrogens is 550 g/mol. The lowest BCUT2D eigenvalue weighted by Crippen LogP contribution is -2.45. The van der Waals surface area contributed by atoms with Crippen LogP contribution in [0.5, 0.6) is 0 Å². The minimum atomic E-state index is -0.231. The minimum absolute atomic E-state index is 0.0113. The molecule has 0 bridgehead atoms. The zero-order valence-corrected chi connectivity index (χ0v) is 24.5. The summed E-state index contributed by atoms with van der Waals surface area (Å²) >= 11 is 1.35. The molecule has 1 amide bonds. The monoisotopic (exact) mass is 583 g/mol. The number of aromatic nitrogens is 3. The maximum Gasteiger partial charge on any atom is 0.268 e. The quantitative estimate of drug-likeness (QED) is 0.225. The van der Waals surface area contributed by atoms with E-state index in [0.717, 1.165) is 54.3 Å². The van der Waals surface area contributed by atoms with Gasteiger partial charge in [-0.25, -0.2) is 9.97 Å². The van der Waals surface area contributed by atoms with Gasteiger partial charge in [0.25, 0.3) is 5.91 Å². The first-order valence-corrected chi connectivity index (χ1v) is 14.8. The second kappa shape index (κ2) is 12.3. The number of hydrogen-bond acceptors (Lipinski definition) is 9. The summed E-state index contributed by atoms with van der Waals surface area (Å²) in [6.45, 7) is 7.59. The SMILES string of the molecule is Cc1ncc(-c2ccc(C(=O)Nc3nc4cc(NCC(=O)c5ccccc5)ccc4n3CCN3CCN(C)CC3)s2)o1. The summed E-state index contributed by atoms with van der Waals surface area (Å²) in [5.41, 5.74) is 3.12. The van der Waals surface area contributed by atoms with Crippen LogP contribution in [0, 0.1) is 6.92 Å². The van der Waals surface area contributed by atoms with E-state index in [1.54, 1.807) is 19.2 Å². The van der Waals surface area contributed by atoms with Crippen LogP contribution in [0.25, 0.3) is 21.7 Å². The molecule has 1 fully saturated rings. The third kappa shape index (κ3) is 6.28. The van der Waals surface area contributed by atoms with E-state index < -0.39 is 0 Å². The predicted molar refractivity (Wildman–Crippen MR) is 165 cm³/mol. The van der Waals surface area contributed by atoms with Crippen molar-refractivity contribution in [3.8, 4) is 10.6 Å². The number of thiophene rings is 1. The first kappa shape index (κ1) is 27.8. The summed E-state index contributed by atoms with van der Waals surface area (Å²) in [4.78, 5) is 41.1. The van der Waals surface area contributed by atoms with Gasteiger partial charge in [0.05, 0.1) is 33.5 Å². The number of Topliss-reactive ketones (excluding diaryl/α,β-unsaturated/α-hetero) is 1. The number of likely N-dealkylation sites (N-methyl/N-ethyl adjacent to an activating group) is 1. The summed E-state index contributed by atoms with van der Waals surface area (Å²) in [6.07, 6.45) is 1.67. The third-order valence-electron chi connectivity index (χ3n) is 7.45. The Kier molecular flexibility index (Phi) is 8.13. The molecule has 0 unspecified atom stereocenters. The highest BCUT2D eigenvalue weighted by Gasteiger charge is 2.20. The largest absolute Gasteiger partial charge is 0.440 e. The molecule has 11 heteroatoms. The number of anilines is 2. The summed E-state index contributed by atoms with van der Waals surface area (Å²) in [6, 6.07) is 18.7. The number of fused-ring (bicyclic) bond motifs is 1. The smallest absolute Gasteiger partial charge is 0.268 e. The molecule has 0 radical (unpaired) electrons. The van der Waals surface area contributed by atoms with Gasteiger partial charge in [0.1, 0.15) is 0 Å². The van der Waals surface area contributed by atoms with Gasteiger partial charge >= 0.3 is 0 Å². The molecule has 2 aromatic carbocycles. The fourth-order valence-corrected chi connectivity index (χ4v) is 5.86. The van der Waals surface area contributed by atoms with Crippen molar-refractivity contribution in [2.45, 2.75) is 13.5 Å². The number of carbonyl (C=O) groups is 2. The van der Waals surface area contributed by atoms with Gasteiger partial charge in [0.2, 0.25) is 5.95 Å². The van der Waals surface area contributed by atoms with Gasteiger partial charge in [-0.2, -0.15) is 0 Å². The van der Waals surface area contributed by atoms with Crippen molar-refractivity contribution >= 4 is 45.7 Å². The van der Waals surface area contributed by atoms with Gasteiger partial charge in [-0.1, -0.05) is 30.3 Å². The third-order valence-corrected chi connectivity index (χ3v) is 8.55. The lowest BCUT2D eigenvalue weighted by Gasteiger charge is -2.32. The number of rotatable bonds is 10. The van der Waals surface area contributed by atoms with Gasteiger partial charge in [0, 0.05) is 57.4 Å². The molecule has 1 aliphatic heterocycles. The van der Waals surface area contributed by atoms with Crippen LogP contribution in [-0.2, 0) is 6.54 Å². The lowest BCUT2D eigenvalue weighted by atomic mass is 10.1. The molecule has 1 saturated heterocycles. The second-order valence-corrected chi connectivity index (χ2v) is 11.5. The van der Waals surface area contributed by atoms with Crippen LogP contribution < -0.4 is 10.6 Å². The molecule has 5 aromatic rings. The Bertz CT molecular complexity index is 1700. The molecule has 3 aromatic heterocycles. The van der Waals surface area contributed by atoms with Gasteiger partial charge < -0.3 is 19.2 Å². The van der Waals surface area contributed by atoms with Crippen molar-refractivity contribution in [3.05, 3.63) is 83.2 Å². The van der Waals surface area contributed by atoms with Gasteiger partial charge in [0.15, 0.2) is 17.4 Å². The van der Waals surface area contributed by atoms with Crippen molar-refractivity contribution in [1.82, 2.24) is 24.3 Å². The normalized spacial score (nSPS) is 14.3. The van der Waals surface area contributed by atoms with E-state index in [4.69, 9.17) is 9.40 Å². The van der Waals surface area contributed by atoms with Crippen molar-refractivity contribution in [2.24, 2.45) is 0 Å². The maximum absolute atomic E-state index is 13.3. The number of nitrogens with one attached hydrogen (secondary N) is 2. The topological polar surface area (TPSA) is 109 Å². The number of piperazine rings is 1. The van der Waals surface area contributed by atoms with E-state index in [0.29, 0.717) is 34.6 Å². The van der Waals surface area contributed by atoms with Crippen LogP contribution in [0.2, 0.25) is 0 Å². The molecule has 42 heavy (non-hydrogen) atoms. The van der Waals surface area contributed by atoms with Crippen LogP contribution in [0.4, 0.5) is 11.6 Å². The van der Waals surface area contributed by atoms with Crippen LogP contribution >= 0.6 is 11.3 Å². The van der Waals surface area contributed by atoms with E-state index >= 15 is 0 Å². The fourth-order valence-electron chi connectivity index (χ4n) is 5.01. The molecule has 216 valence electrons. The van der Waals surface area contributed by atoms with E-state index in [9.17, 15) is 9.59 Å². The second-order valence-electron chi connectivity index (χ2n) is 10.4. The number of ketones is 1. The van der Waals surface area contributed by atoms with Gasteiger partial charge in [-0.05, 0) is 37.4 Å². The zero-order valence-electron chi connectivity index (χ0n) is 23.7. The number of nitrogens with zero attached hydrogens (tertiary/aromatic N) is 5. The Labute approximate surface area is 248 Å². The molecule has 0 aliphatic carbocycles. The van der Waals surface area contributed by atoms with E-state index in [2.05, 4.69) is 37.0 Å². The van der Waals surface area contributed by atoms with Crippen molar-refractivity contribution in [3.63, 3.8) is 0 Å². The van der Waals surface area contributed by atoms with Crippen molar-refractivity contribution in [2.75, 3.05) is 56.9 Å². The first-order valence-electron chi connectivity index (χ1n) is 14.0. The molecule has 10 nitrogen and oxygen atoms in total. The Morgan fingerprint density at radius 1 is 1.00 bits per heavy atom. The Hall–Kier alpha value is -4.32. The van der Waals surface area contributed by atoms with Gasteiger partial charge in [-0.15, -0.1) is 11.3 Å². The molecule has 4 heterocycles. The number of benzene rings is 2. The molecule has 1 aliphatic rings. The van der Waals surface area contributed by atoms with Crippen LogP contribution in [0.3, 0.4) is 0 Å². The highest BCUT2D eigenvalue weighted by molar-refractivity contribution is 7.17. The summed E-state index contributed by atoms with van der Waals surface area (Å²) in [5, 5.41) is 6.27. The number of aryl methyl sites for hydroxylation is 1. The van der Waals surface area contributed by atoms with Gasteiger partial charge in [-0.3, -0.25) is 19.8 Å². The van der Waals surface area contributed by atoms with Crippen molar-refractivity contribution < 1.29 is 14.0 Å². The number of hydrogen-bond donors (Lipinski definition) is 2. The van der Waals surface area contributed by atoms with Crippen LogP contribution in [0.15, 0.2) is 71.3 Å². The summed E-state index contributed by atoms with van der Waals surface area (Å²) in [7, 11) is 2.15. The first-order chi connectivity index (χ1) is 20.4. The van der Waals surface area contributed by atoms with Crippen LogP contribution in [0.1, 0.15) is 25.9 Å². The maximum atomic E-state index is 13.3. The lowest BCUT2D eigenvalue weighted by molar-refractivity contribution is 0.100. The Morgan fingerprint density at radius 3 is 2.57 bits per heavy atom. The van der Waals surface area contributed by atoms with E-state index in [1.165, 1.54) is 11.3 Å². The summed E-state index contributed by atoms with van der Waals surface area (Å²) < 4.78 is 7.69. The molecular formula is C31H33N7O3S. The number of oxazole rings is 1. The predicted octanol–water partition coefficient (Wildman–Crippen LogP) is 4.86. The average Bonchev–Trinajstić information content (AvgIpc) is 3.74. The average molecular weight is 584 g/mol. The molecule has 0 saturated carbocycles. The van der Waals surface area contributed by atoms with Crippen molar-refractivity contribution in [1.29, 1.82) is 0 Å². The fraction of sp³-hybridized carbons (Fsp3) is 0.290. The minimum Gasteiger partial charge on any atom is -0.440 e. The Morgan fingerprint density at radius 2 is 1.81 bits per heavy atom. The highest BCUT2D eigenvalue weighted by atomic mass is 32.1. The standard InChI is InChI=1S/C31H33N7O3S/c1-21-32-20-27(41-21)28-10-11-29(42-28)30(40)35-31-34-24-18-23(33-19-26(39)22-6-4-3-5-7-22)8-9-25(24)38(31)17-16-37-14-12-36(2)13-15-37/h3-11,18,20,33H,12-17,19H2,1-2H3,(H,34,35,40).